The van der Waals surface area contributed by atoms with Crippen molar-refractivity contribution >= 4 is 34.9 Å². The number of oxazole rings is 1. The number of thiazole rings is 1. The van der Waals surface area contributed by atoms with E-state index in [9.17, 15) is 9.59 Å². The average Bonchev–Trinajstić information content (AvgIpc) is 3.31. The first-order valence-corrected chi connectivity index (χ1v) is 11.3. The molecule has 2 rings (SSSR count). The SMILES string of the molecule is CC(C)(C)c1cnc(CSc2cnc(C(CCCCCC(=O)NO)C(N)=O)s2)o1. The van der Waals surface area contributed by atoms with E-state index in [-0.39, 0.29) is 11.8 Å². The Morgan fingerprint density at radius 3 is 2.66 bits per heavy atom. The molecule has 2 heterocycles. The summed E-state index contributed by atoms with van der Waals surface area (Å²) in [5, 5.41) is 9.18. The number of hydroxylamine groups is 1. The quantitative estimate of drug-likeness (QED) is 0.210. The average molecular weight is 441 g/mol. The highest BCUT2D eigenvalue weighted by molar-refractivity contribution is 8.00. The highest BCUT2D eigenvalue weighted by Crippen LogP contribution is 2.34. The molecule has 1 atom stereocenters. The van der Waals surface area contributed by atoms with Crippen molar-refractivity contribution in [3.8, 4) is 0 Å². The number of unbranched alkanes of at least 4 members (excludes halogenated alkanes) is 2. The van der Waals surface area contributed by atoms with E-state index in [4.69, 9.17) is 15.4 Å². The summed E-state index contributed by atoms with van der Waals surface area (Å²) in [6.45, 7) is 6.22. The molecule has 2 amide bonds. The predicted octanol–water partition coefficient (Wildman–Crippen LogP) is 3.75. The Morgan fingerprint density at radius 2 is 2.03 bits per heavy atom. The van der Waals surface area contributed by atoms with E-state index in [1.807, 2.05) is 0 Å². The lowest BCUT2D eigenvalue weighted by Gasteiger charge is -2.12. The van der Waals surface area contributed by atoms with Crippen LogP contribution in [0.25, 0.3) is 0 Å². The van der Waals surface area contributed by atoms with Crippen LogP contribution in [-0.4, -0.2) is 27.0 Å². The number of hydrogen-bond donors (Lipinski definition) is 3. The summed E-state index contributed by atoms with van der Waals surface area (Å²) < 4.78 is 6.77. The first-order valence-electron chi connectivity index (χ1n) is 9.46. The van der Waals surface area contributed by atoms with E-state index in [2.05, 4.69) is 30.7 Å². The van der Waals surface area contributed by atoms with Crippen LogP contribution in [0.15, 0.2) is 21.0 Å². The van der Waals surface area contributed by atoms with E-state index in [1.54, 1.807) is 29.6 Å². The molecule has 0 spiro atoms. The van der Waals surface area contributed by atoms with Gasteiger partial charge in [0.25, 0.3) is 0 Å². The fourth-order valence-electron chi connectivity index (χ4n) is 2.61. The Kier molecular flexibility index (Phi) is 8.66. The van der Waals surface area contributed by atoms with Gasteiger partial charge in [0, 0.05) is 11.8 Å². The van der Waals surface area contributed by atoms with Gasteiger partial charge in [-0.1, -0.05) is 33.6 Å². The molecule has 0 saturated heterocycles. The Bertz CT molecular complexity index is 813. The van der Waals surface area contributed by atoms with Gasteiger partial charge in [-0.25, -0.2) is 15.4 Å². The van der Waals surface area contributed by atoms with Crippen LogP contribution < -0.4 is 11.2 Å². The van der Waals surface area contributed by atoms with Gasteiger partial charge in [0.2, 0.25) is 17.7 Å². The molecule has 160 valence electrons. The molecule has 2 aromatic rings. The molecule has 0 aromatic carbocycles. The van der Waals surface area contributed by atoms with Crippen molar-refractivity contribution in [3.05, 3.63) is 29.1 Å². The molecule has 0 saturated carbocycles. The number of carbonyl (C=O) groups excluding carboxylic acids is 2. The lowest BCUT2D eigenvalue weighted by molar-refractivity contribution is -0.129. The Labute approximate surface area is 178 Å². The zero-order chi connectivity index (χ0) is 21.4. The van der Waals surface area contributed by atoms with Crippen LogP contribution >= 0.6 is 23.1 Å². The predicted molar refractivity (Wildman–Crippen MR) is 112 cm³/mol. The molecule has 0 bridgehead atoms. The second-order valence-corrected chi connectivity index (χ2v) is 10.1. The molecular formula is C19H28N4O4S2. The van der Waals surface area contributed by atoms with Crippen LogP contribution in [0, 0.1) is 0 Å². The molecule has 0 aliphatic rings. The van der Waals surface area contributed by atoms with Gasteiger partial charge in [0.1, 0.15) is 10.8 Å². The van der Waals surface area contributed by atoms with E-state index in [1.165, 1.54) is 11.3 Å². The van der Waals surface area contributed by atoms with Gasteiger partial charge < -0.3 is 10.2 Å². The number of nitrogens with zero attached hydrogens (tertiary/aromatic N) is 2. The zero-order valence-electron chi connectivity index (χ0n) is 16.9. The van der Waals surface area contributed by atoms with Crippen LogP contribution in [0.5, 0.6) is 0 Å². The van der Waals surface area contributed by atoms with Gasteiger partial charge in [-0.15, -0.1) is 23.1 Å². The van der Waals surface area contributed by atoms with Crippen molar-refractivity contribution in [3.63, 3.8) is 0 Å². The molecule has 4 N–H and O–H groups in total. The minimum Gasteiger partial charge on any atom is -0.444 e. The third-order valence-corrected chi connectivity index (χ3v) is 6.59. The lowest BCUT2D eigenvalue weighted by Crippen LogP contribution is -2.21. The van der Waals surface area contributed by atoms with Crippen LogP contribution in [0.1, 0.15) is 75.5 Å². The molecule has 0 fully saturated rings. The van der Waals surface area contributed by atoms with E-state index >= 15 is 0 Å². The van der Waals surface area contributed by atoms with Gasteiger partial charge in [0.05, 0.1) is 28.3 Å². The van der Waals surface area contributed by atoms with E-state index < -0.39 is 17.7 Å². The smallest absolute Gasteiger partial charge is 0.243 e. The monoisotopic (exact) mass is 440 g/mol. The number of carbonyl (C=O) groups is 2. The molecule has 1 unspecified atom stereocenters. The van der Waals surface area contributed by atoms with Gasteiger partial charge in [-0.3, -0.25) is 14.8 Å². The molecule has 0 aliphatic carbocycles. The maximum absolute atomic E-state index is 11.9. The highest BCUT2D eigenvalue weighted by atomic mass is 32.2. The number of thioether (sulfide) groups is 1. The number of aromatic nitrogens is 2. The number of hydrogen-bond acceptors (Lipinski definition) is 8. The van der Waals surface area contributed by atoms with Crippen molar-refractivity contribution in [2.75, 3.05) is 0 Å². The third-order valence-electron chi connectivity index (χ3n) is 4.30. The van der Waals surface area contributed by atoms with Crippen molar-refractivity contribution in [2.45, 2.75) is 74.2 Å². The summed E-state index contributed by atoms with van der Waals surface area (Å²) in [5.41, 5.74) is 7.10. The summed E-state index contributed by atoms with van der Waals surface area (Å²) in [5.74, 6) is 0.864. The molecule has 29 heavy (non-hydrogen) atoms. The van der Waals surface area contributed by atoms with E-state index in [0.717, 1.165) is 22.8 Å². The lowest BCUT2D eigenvalue weighted by atomic mass is 9.94. The number of nitrogens with one attached hydrogen (secondary N) is 1. The maximum atomic E-state index is 11.9. The second kappa shape index (κ2) is 10.7. The molecule has 0 radical (unpaired) electrons. The molecule has 2 aromatic heterocycles. The van der Waals surface area contributed by atoms with Gasteiger partial charge in [0.15, 0.2) is 0 Å². The summed E-state index contributed by atoms with van der Waals surface area (Å²) in [7, 11) is 0. The number of rotatable bonds is 11. The largest absolute Gasteiger partial charge is 0.444 e. The number of amides is 2. The molecule has 0 aliphatic heterocycles. The van der Waals surface area contributed by atoms with Crippen molar-refractivity contribution < 1.29 is 19.2 Å². The molecular weight excluding hydrogens is 412 g/mol. The molecule has 10 heteroatoms. The Balaban J connectivity index is 1.86. The number of nitrogens with two attached hydrogens (primary N) is 1. The van der Waals surface area contributed by atoms with Crippen LogP contribution in [0.2, 0.25) is 0 Å². The highest BCUT2D eigenvalue weighted by Gasteiger charge is 2.22. The summed E-state index contributed by atoms with van der Waals surface area (Å²) in [6, 6.07) is 0. The van der Waals surface area contributed by atoms with Gasteiger partial charge in [-0.2, -0.15) is 0 Å². The van der Waals surface area contributed by atoms with Gasteiger partial charge in [-0.05, 0) is 12.8 Å². The standard InChI is InChI=1S/C19H28N4O4S2/c1-19(2,3)13-9-21-15(27-13)11-28-16-10-22-18(29-16)12(17(20)25)7-5-4-6-8-14(24)23-26/h9-10,12,26H,4-8,11H2,1-3H3,(H2,20,25)(H,23,24). The fourth-order valence-corrected chi connectivity index (χ4v) is 4.60. The zero-order valence-corrected chi connectivity index (χ0v) is 18.6. The van der Waals surface area contributed by atoms with Crippen LogP contribution in [0.4, 0.5) is 0 Å². The summed E-state index contributed by atoms with van der Waals surface area (Å²) in [4.78, 5) is 31.6. The fraction of sp³-hybridized carbons (Fsp3) is 0.579. The van der Waals surface area contributed by atoms with Gasteiger partial charge >= 0.3 is 0 Å². The Hall–Kier alpha value is -1.91. The second-order valence-electron chi connectivity index (χ2n) is 7.76. The minimum atomic E-state index is -0.435. The summed E-state index contributed by atoms with van der Waals surface area (Å²) in [6.07, 6.45) is 6.52. The van der Waals surface area contributed by atoms with E-state index in [0.29, 0.717) is 29.5 Å². The normalized spacial score (nSPS) is 12.7. The maximum Gasteiger partial charge on any atom is 0.243 e. The van der Waals surface area contributed by atoms with Crippen LogP contribution in [-0.2, 0) is 20.8 Å². The van der Waals surface area contributed by atoms with Crippen LogP contribution in [0.3, 0.4) is 0 Å². The van der Waals surface area contributed by atoms with Crippen molar-refractivity contribution in [1.29, 1.82) is 0 Å². The van der Waals surface area contributed by atoms with Crippen molar-refractivity contribution in [1.82, 2.24) is 15.4 Å². The third kappa shape index (κ3) is 7.45. The minimum absolute atomic E-state index is 0.0792. The topological polar surface area (TPSA) is 131 Å². The Morgan fingerprint density at radius 1 is 1.28 bits per heavy atom. The number of primary amides is 1. The first kappa shape index (κ1) is 23.4. The molecule has 8 nitrogen and oxygen atoms in total. The summed E-state index contributed by atoms with van der Waals surface area (Å²) >= 11 is 3.02. The van der Waals surface area contributed by atoms with Crippen molar-refractivity contribution in [2.24, 2.45) is 5.73 Å². The first-order chi connectivity index (χ1) is 13.7.